The molecule has 126 valence electrons. The van der Waals surface area contributed by atoms with Crippen LogP contribution in [0.5, 0.6) is 0 Å². The number of anilines is 1. The molecule has 2 aliphatic rings. The highest BCUT2D eigenvalue weighted by Gasteiger charge is 2.30. The van der Waals surface area contributed by atoms with Crippen molar-refractivity contribution >= 4 is 29.7 Å². The predicted octanol–water partition coefficient (Wildman–Crippen LogP) is 1.78. The molecule has 2 heterocycles. The number of carbonyl (C=O) groups is 1. The number of likely N-dealkylation sites (tertiary alicyclic amines) is 1. The third-order valence-electron chi connectivity index (χ3n) is 4.35. The highest BCUT2D eigenvalue weighted by atomic mass is 35.5. The first-order valence-corrected chi connectivity index (χ1v) is 7.63. The zero-order valence-corrected chi connectivity index (χ0v) is 13.6. The number of halogens is 1. The largest absolute Gasteiger partial charge is 0.319 e. The molecule has 0 radical (unpaired) electrons. The lowest BCUT2D eigenvalue weighted by atomic mass is 10.1. The van der Waals surface area contributed by atoms with Crippen molar-refractivity contribution in [2.24, 2.45) is 0 Å². The third-order valence-corrected chi connectivity index (χ3v) is 4.35. The number of nitrogens with one attached hydrogen (secondary N) is 2. The molecule has 3 rings (SSSR count). The average molecular weight is 341 g/mol. The molecule has 2 unspecified atom stereocenters. The number of amides is 1. The summed E-state index contributed by atoms with van der Waals surface area (Å²) in [6.45, 7) is 2.02. The lowest BCUT2D eigenvalue weighted by Crippen LogP contribution is -2.39. The fraction of sp³-hybridized carbons (Fsp3) is 0.533. The van der Waals surface area contributed by atoms with E-state index in [4.69, 9.17) is 0 Å². The number of nitrogens with zero attached hydrogens (tertiary/aromatic N) is 2. The minimum atomic E-state index is -0.482. The number of benzene rings is 1. The fourth-order valence-corrected chi connectivity index (χ4v) is 3.29. The van der Waals surface area contributed by atoms with Gasteiger partial charge in [-0.25, -0.2) is 0 Å². The zero-order chi connectivity index (χ0) is 15.5. The van der Waals surface area contributed by atoms with E-state index in [0.717, 1.165) is 25.9 Å². The minimum absolute atomic E-state index is 0. The topological polar surface area (TPSA) is 87.5 Å². The van der Waals surface area contributed by atoms with Gasteiger partial charge in [0.25, 0.3) is 5.69 Å². The Kier molecular flexibility index (Phi) is 5.92. The second-order valence-corrected chi connectivity index (χ2v) is 5.98. The second kappa shape index (κ2) is 7.72. The van der Waals surface area contributed by atoms with E-state index in [9.17, 15) is 14.9 Å². The third kappa shape index (κ3) is 4.40. The molecule has 2 fully saturated rings. The average Bonchev–Trinajstić information content (AvgIpc) is 2.82. The van der Waals surface area contributed by atoms with E-state index in [2.05, 4.69) is 15.5 Å². The van der Waals surface area contributed by atoms with Crippen LogP contribution < -0.4 is 10.6 Å². The van der Waals surface area contributed by atoms with E-state index in [0.29, 0.717) is 12.1 Å². The molecule has 23 heavy (non-hydrogen) atoms. The number of hydrogen-bond acceptors (Lipinski definition) is 5. The molecule has 0 aliphatic carbocycles. The van der Waals surface area contributed by atoms with Crippen LogP contribution in [0.2, 0.25) is 0 Å². The summed E-state index contributed by atoms with van der Waals surface area (Å²) >= 11 is 0. The van der Waals surface area contributed by atoms with Crippen molar-refractivity contribution in [1.82, 2.24) is 10.2 Å². The van der Waals surface area contributed by atoms with Crippen LogP contribution in [-0.2, 0) is 4.79 Å². The molecule has 8 heteroatoms. The van der Waals surface area contributed by atoms with Crippen molar-refractivity contribution in [2.75, 3.05) is 25.0 Å². The summed E-state index contributed by atoms with van der Waals surface area (Å²) in [7, 11) is 0. The van der Waals surface area contributed by atoms with Gasteiger partial charge in [-0.2, -0.15) is 0 Å². The van der Waals surface area contributed by atoms with Crippen molar-refractivity contribution in [3.05, 3.63) is 34.4 Å². The first-order valence-electron chi connectivity index (χ1n) is 7.63. The highest BCUT2D eigenvalue weighted by Crippen LogP contribution is 2.23. The lowest BCUT2D eigenvalue weighted by molar-refractivity contribution is -0.383. The smallest absolute Gasteiger partial charge is 0.292 e. The van der Waals surface area contributed by atoms with Gasteiger partial charge in [-0.15, -0.1) is 12.4 Å². The molecule has 2 N–H and O–H groups in total. The number of rotatable bonds is 4. The molecular formula is C15H21ClN4O3. The zero-order valence-electron chi connectivity index (χ0n) is 12.7. The first kappa shape index (κ1) is 17.7. The Morgan fingerprint density at radius 3 is 2.83 bits per heavy atom. The number of nitro groups is 1. The predicted molar refractivity (Wildman–Crippen MR) is 90.0 cm³/mol. The van der Waals surface area contributed by atoms with Crippen LogP contribution in [0.3, 0.4) is 0 Å². The Balaban J connectivity index is 0.00000192. The van der Waals surface area contributed by atoms with Crippen LogP contribution in [0.25, 0.3) is 0 Å². The highest BCUT2D eigenvalue weighted by molar-refractivity contribution is 5.94. The van der Waals surface area contributed by atoms with E-state index in [1.807, 2.05) is 0 Å². The van der Waals surface area contributed by atoms with Gasteiger partial charge in [0.05, 0.1) is 11.5 Å². The van der Waals surface area contributed by atoms with Crippen molar-refractivity contribution in [2.45, 2.75) is 31.3 Å². The number of carbonyl (C=O) groups excluding carboxylic acids is 1. The molecule has 1 aromatic rings. The molecule has 2 saturated heterocycles. The van der Waals surface area contributed by atoms with Crippen LogP contribution in [-0.4, -0.2) is 47.4 Å². The summed E-state index contributed by atoms with van der Waals surface area (Å²) in [6.07, 6.45) is 3.43. The minimum Gasteiger partial charge on any atom is -0.319 e. The Hall–Kier alpha value is -1.70. The molecule has 2 aliphatic heterocycles. The molecule has 2 bridgehead atoms. The molecule has 2 atom stereocenters. The van der Waals surface area contributed by atoms with Crippen LogP contribution in [0.15, 0.2) is 24.3 Å². The monoisotopic (exact) mass is 340 g/mol. The van der Waals surface area contributed by atoms with E-state index in [1.165, 1.54) is 12.5 Å². The van der Waals surface area contributed by atoms with Crippen LogP contribution in [0.1, 0.15) is 19.3 Å². The summed E-state index contributed by atoms with van der Waals surface area (Å²) in [5, 5.41) is 17.2. The van der Waals surface area contributed by atoms with Crippen LogP contribution in [0.4, 0.5) is 11.4 Å². The summed E-state index contributed by atoms with van der Waals surface area (Å²) in [5.41, 5.74) is 0.180. The van der Waals surface area contributed by atoms with Gasteiger partial charge in [0, 0.05) is 31.2 Å². The summed E-state index contributed by atoms with van der Waals surface area (Å²) in [5.74, 6) is -0.202. The summed E-state index contributed by atoms with van der Waals surface area (Å²) in [4.78, 5) is 24.8. The van der Waals surface area contributed by atoms with Gasteiger partial charge in [0.15, 0.2) is 0 Å². The molecule has 1 amide bonds. The van der Waals surface area contributed by atoms with Gasteiger partial charge in [-0.1, -0.05) is 12.1 Å². The Labute approximate surface area is 141 Å². The van der Waals surface area contributed by atoms with Gasteiger partial charge < -0.3 is 10.6 Å². The molecule has 0 spiro atoms. The number of nitro benzene ring substituents is 1. The molecular weight excluding hydrogens is 320 g/mol. The maximum Gasteiger partial charge on any atom is 0.292 e. The SMILES string of the molecule is Cl.O=C(CN1CCC2CCC(C1)N2)Nc1ccccc1[N+](=O)[O-]. The maximum atomic E-state index is 12.2. The van der Waals surface area contributed by atoms with Gasteiger partial charge >= 0.3 is 0 Å². The van der Waals surface area contributed by atoms with Gasteiger partial charge in [-0.3, -0.25) is 19.8 Å². The van der Waals surface area contributed by atoms with Gasteiger partial charge in [-0.05, 0) is 25.3 Å². The molecule has 1 aromatic carbocycles. The fourth-order valence-electron chi connectivity index (χ4n) is 3.29. The molecule has 0 saturated carbocycles. The van der Waals surface area contributed by atoms with Crippen molar-refractivity contribution in [3.8, 4) is 0 Å². The van der Waals surface area contributed by atoms with E-state index >= 15 is 0 Å². The summed E-state index contributed by atoms with van der Waals surface area (Å²) < 4.78 is 0. The van der Waals surface area contributed by atoms with Crippen LogP contribution >= 0.6 is 12.4 Å². The first-order chi connectivity index (χ1) is 10.6. The summed E-state index contributed by atoms with van der Waals surface area (Å²) in [6, 6.07) is 7.26. The lowest BCUT2D eigenvalue weighted by Gasteiger charge is -2.23. The van der Waals surface area contributed by atoms with Gasteiger partial charge in [0.1, 0.15) is 5.69 Å². The van der Waals surface area contributed by atoms with E-state index in [-0.39, 0.29) is 36.2 Å². The Morgan fingerprint density at radius 2 is 2.04 bits per heavy atom. The molecule has 7 nitrogen and oxygen atoms in total. The Morgan fingerprint density at radius 1 is 1.30 bits per heavy atom. The number of fused-ring (bicyclic) bond motifs is 2. The van der Waals surface area contributed by atoms with Crippen molar-refractivity contribution in [3.63, 3.8) is 0 Å². The van der Waals surface area contributed by atoms with E-state index < -0.39 is 4.92 Å². The van der Waals surface area contributed by atoms with Crippen LogP contribution in [0, 0.1) is 10.1 Å². The molecule has 0 aromatic heterocycles. The number of hydrogen-bond donors (Lipinski definition) is 2. The van der Waals surface area contributed by atoms with E-state index in [1.54, 1.807) is 18.2 Å². The second-order valence-electron chi connectivity index (χ2n) is 5.98. The number of para-hydroxylation sites is 2. The normalized spacial score (nSPS) is 23.7. The maximum absolute atomic E-state index is 12.2. The van der Waals surface area contributed by atoms with Gasteiger partial charge in [0.2, 0.25) is 5.91 Å². The van der Waals surface area contributed by atoms with Crippen molar-refractivity contribution in [1.29, 1.82) is 0 Å². The quantitative estimate of drug-likeness (QED) is 0.644. The van der Waals surface area contributed by atoms with Crippen molar-refractivity contribution < 1.29 is 9.72 Å². The standard InChI is InChI=1S/C15H20N4O3.ClH/c20-15(17-13-3-1-2-4-14(13)19(21)22)10-18-8-7-11-5-6-12(9-18)16-11;/h1-4,11-12,16H,5-10H2,(H,17,20);1H. The Bertz CT molecular complexity index is 584.